The van der Waals surface area contributed by atoms with Crippen LogP contribution in [0.5, 0.6) is 0 Å². The average molecular weight is 619 g/mol. The van der Waals surface area contributed by atoms with Crippen LogP contribution < -0.4 is 0 Å². The quantitative estimate of drug-likeness (QED) is 0.246. The van der Waals surface area contributed by atoms with Gasteiger partial charge in [-0.3, -0.25) is 4.18 Å². The van der Waals surface area contributed by atoms with Gasteiger partial charge in [0.05, 0.1) is 17.6 Å². The highest BCUT2D eigenvalue weighted by molar-refractivity contribution is 7.86. The van der Waals surface area contributed by atoms with E-state index in [9.17, 15) is 13.5 Å². The van der Waals surface area contributed by atoms with Gasteiger partial charge in [-0.2, -0.15) is 8.42 Å². The second-order valence-corrected chi connectivity index (χ2v) is 23.2. The molecule has 7 heteroatoms. The van der Waals surface area contributed by atoms with Crippen LogP contribution in [-0.4, -0.2) is 40.7 Å². The Morgan fingerprint density at radius 1 is 1.00 bits per heavy atom. The van der Waals surface area contributed by atoms with Gasteiger partial charge in [-0.05, 0) is 135 Å². The van der Waals surface area contributed by atoms with Crippen LogP contribution in [0.1, 0.15) is 98.5 Å². The Bertz CT molecular complexity index is 1220. The maximum Gasteiger partial charge on any atom is 0.296 e. The van der Waals surface area contributed by atoms with Crippen molar-refractivity contribution in [2.45, 2.75) is 135 Å². The molecule has 0 saturated heterocycles. The number of aryl methyl sites for hydroxylation is 1. The second kappa shape index (κ2) is 11.3. The van der Waals surface area contributed by atoms with Gasteiger partial charge in [-0.15, -0.1) is 0 Å². The average Bonchev–Trinajstić information content (AvgIpc) is 3.17. The first kappa shape index (κ1) is 32.7. The first-order chi connectivity index (χ1) is 19.4. The minimum absolute atomic E-state index is 0.0167. The second-order valence-electron chi connectivity index (χ2n) is 16.8. The van der Waals surface area contributed by atoms with Crippen molar-refractivity contribution in [1.82, 2.24) is 0 Å². The van der Waals surface area contributed by atoms with E-state index in [4.69, 9.17) is 8.61 Å². The minimum atomic E-state index is -3.80. The largest absolute Gasteiger partial charge is 0.414 e. The molecule has 4 fully saturated rings. The van der Waals surface area contributed by atoms with Crippen LogP contribution in [0.3, 0.4) is 0 Å². The molecule has 1 aromatic carbocycles. The standard InChI is InChI=1S/C35H58O5SSi/c1-23-10-13-27(14-11-23)41(37,38)39-22-24(2)30-21-31(36)32-28-15-12-25-20-26(40-42(8,9)33(3,4)5)16-18-34(25,6)29(28)17-19-35(30,32)7/h10-11,13-14,24-26,28-32,36H,12,15-22H2,1-9H3/t24-,25+,26+,28-,29+,30-,31-,32-,34+,35-/m1/s1. The molecular weight excluding hydrogens is 561 g/mol. The van der Waals surface area contributed by atoms with Gasteiger partial charge in [0.25, 0.3) is 10.1 Å². The maximum atomic E-state index is 12.9. The fraction of sp³-hybridized carbons (Fsp3) is 0.829. The van der Waals surface area contributed by atoms with E-state index in [1.54, 1.807) is 24.3 Å². The maximum absolute atomic E-state index is 12.9. The van der Waals surface area contributed by atoms with Crippen LogP contribution in [-0.2, 0) is 18.7 Å². The molecule has 1 N–H and O–H groups in total. The van der Waals surface area contributed by atoms with Crippen molar-refractivity contribution < 1.29 is 22.1 Å². The monoisotopic (exact) mass is 618 g/mol. The van der Waals surface area contributed by atoms with Crippen molar-refractivity contribution >= 4 is 18.4 Å². The van der Waals surface area contributed by atoms with Gasteiger partial charge in [-0.25, -0.2) is 0 Å². The van der Waals surface area contributed by atoms with Crippen LogP contribution >= 0.6 is 0 Å². The van der Waals surface area contributed by atoms with Crippen LogP contribution in [0.4, 0.5) is 0 Å². The molecule has 0 bridgehead atoms. The third-order valence-corrected chi connectivity index (χ3v) is 19.3. The van der Waals surface area contributed by atoms with Crippen molar-refractivity contribution in [3.63, 3.8) is 0 Å². The lowest BCUT2D eigenvalue weighted by molar-refractivity contribution is -0.141. The smallest absolute Gasteiger partial charge is 0.296 e. The SMILES string of the molecule is Cc1ccc(S(=O)(=O)OC[C@@H](C)[C@H]2C[C@@H](O)[C@H]3[C@@H]4CC[C@H]5C[C@@H](O[Si](C)(C)C(C)(C)C)CC[C@]5(C)[C@H]4CC[C@@]32C)cc1. The van der Waals surface area contributed by atoms with E-state index in [0.717, 1.165) is 18.4 Å². The Hall–Kier alpha value is -0.733. The highest BCUT2D eigenvalue weighted by Crippen LogP contribution is 2.68. The first-order valence-corrected chi connectivity index (χ1v) is 21.0. The van der Waals surface area contributed by atoms with Gasteiger partial charge in [-0.1, -0.05) is 59.2 Å². The molecule has 1 aromatic rings. The third-order valence-electron chi connectivity index (χ3n) is 13.4. The molecule has 0 aromatic heterocycles. The summed E-state index contributed by atoms with van der Waals surface area (Å²) in [6.45, 7) is 21.0. The number of fused-ring (bicyclic) bond motifs is 5. The number of hydrogen-bond acceptors (Lipinski definition) is 5. The van der Waals surface area contributed by atoms with Gasteiger partial charge in [0.2, 0.25) is 0 Å². The Morgan fingerprint density at radius 3 is 2.29 bits per heavy atom. The van der Waals surface area contributed by atoms with Gasteiger partial charge in [0.1, 0.15) is 0 Å². The van der Waals surface area contributed by atoms with E-state index >= 15 is 0 Å². The molecule has 10 atom stereocenters. The molecule has 4 saturated carbocycles. The van der Waals surface area contributed by atoms with Crippen LogP contribution in [0.15, 0.2) is 29.2 Å². The highest BCUT2D eigenvalue weighted by Gasteiger charge is 2.63. The Balaban J connectivity index is 1.26. The Kier molecular flexibility index (Phi) is 8.75. The third kappa shape index (κ3) is 5.72. The van der Waals surface area contributed by atoms with Crippen LogP contribution in [0.25, 0.3) is 0 Å². The first-order valence-electron chi connectivity index (χ1n) is 16.7. The van der Waals surface area contributed by atoms with Gasteiger partial charge < -0.3 is 9.53 Å². The van der Waals surface area contributed by atoms with Crippen molar-refractivity contribution in [3.8, 4) is 0 Å². The summed E-state index contributed by atoms with van der Waals surface area (Å²) in [6, 6.07) is 6.86. The van der Waals surface area contributed by atoms with Crippen LogP contribution in [0, 0.1) is 53.3 Å². The summed E-state index contributed by atoms with van der Waals surface area (Å²) in [5.41, 5.74) is 1.36. The van der Waals surface area contributed by atoms with Gasteiger partial charge in [0, 0.05) is 6.10 Å². The lowest BCUT2D eigenvalue weighted by atomic mass is 9.44. The van der Waals surface area contributed by atoms with E-state index in [2.05, 4.69) is 54.6 Å². The van der Waals surface area contributed by atoms with Crippen molar-refractivity contribution in [1.29, 1.82) is 0 Å². The van der Waals surface area contributed by atoms with Crippen molar-refractivity contribution in [3.05, 3.63) is 29.8 Å². The molecule has 0 unspecified atom stereocenters. The van der Waals surface area contributed by atoms with E-state index in [1.165, 1.54) is 38.5 Å². The van der Waals surface area contributed by atoms with Gasteiger partial charge >= 0.3 is 0 Å². The predicted molar refractivity (Wildman–Crippen MR) is 172 cm³/mol. The predicted octanol–water partition coefficient (Wildman–Crippen LogP) is 8.36. The summed E-state index contributed by atoms with van der Waals surface area (Å²) in [5, 5.41) is 11.9. The molecule has 5 rings (SSSR count). The molecule has 0 heterocycles. The van der Waals surface area contributed by atoms with E-state index in [0.29, 0.717) is 29.3 Å². The highest BCUT2D eigenvalue weighted by atomic mass is 32.2. The zero-order valence-corrected chi connectivity index (χ0v) is 29.6. The summed E-state index contributed by atoms with van der Waals surface area (Å²) in [5.74, 6) is 2.51. The number of aliphatic hydroxyl groups is 1. The fourth-order valence-corrected chi connectivity index (χ4v) is 12.4. The molecule has 0 amide bonds. The fourth-order valence-electron chi connectivity index (χ4n) is 10.00. The number of rotatable bonds is 7. The van der Waals surface area contributed by atoms with E-state index in [-0.39, 0.29) is 45.8 Å². The number of aliphatic hydroxyl groups excluding tert-OH is 1. The Morgan fingerprint density at radius 2 is 1.64 bits per heavy atom. The lowest BCUT2D eigenvalue weighted by Gasteiger charge is -2.62. The molecule has 4 aliphatic rings. The number of hydrogen-bond donors (Lipinski definition) is 1. The van der Waals surface area contributed by atoms with E-state index < -0.39 is 18.4 Å². The van der Waals surface area contributed by atoms with E-state index in [1.807, 2.05) is 6.92 Å². The van der Waals surface area contributed by atoms with Crippen LogP contribution in [0.2, 0.25) is 18.1 Å². The zero-order valence-electron chi connectivity index (χ0n) is 27.8. The summed E-state index contributed by atoms with van der Waals surface area (Å²) < 4.78 is 38.4. The molecule has 0 aliphatic heterocycles. The molecule has 0 spiro atoms. The lowest BCUT2D eigenvalue weighted by Crippen LogP contribution is -2.56. The zero-order chi connectivity index (χ0) is 30.9. The minimum Gasteiger partial charge on any atom is -0.414 e. The van der Waals surface area contributed by atoms with Gasteiger partial charge in [0.15, 0.2) is 8.32 Å². The molecular formula is C35H58O5SSi. The molecule has 4 aliphatic carbocycles. The topological polar surface area (TPSA) is 72.8 Å². The molecule has 238 valence electrons. The van der Waals surface area contributed by atoms with Crippen molar-refractivity contribution in [2.75, 3.05) is 6.61 Å². The normalized spacial score (nSPS) is 39.7. The summed E-state index contributed by atoms with van der Waals surface area (Å²) >= 11 is 0. The molecule has 0 radical (unpaired) electrons. The molecule has 5 nitrogen and oxygen atoms in total. The van der Waals surface area contributed by atoms with Crippen molar-refractivity contribution in [2.24, 2.45) is 46.3 Å². The summed E-state index contributed by atoms with van der Waals surface area (Å²) in [6.07, 6.45) is 9.21. The summed E-state index contributed by atoms with van der Waals surface area (Å²) in [7, 11) is -5.58. The molecule has 42 heavy (non-hydrogen) atoms. The number of benzene rings is 1. The summed E-state index contributed by atoms with van der Waals surface area (Å²) in [4.78, 5) is 0.214. The Labute approximate surface area is 257 Å².